The van der Waals surface area contributed by atoms with Gasteiger partial charge in [0.1, 0.15) is 40.7 Å². The number of hydrogen-bond acceptors (Lipinski definition) is 14. The minimum Gasteiger partial charge on any atom is -0.472 e. The standard InChI is InChI=1S/C37H46O14/c1-17(2)24(41)23-25-30(5,26(48-27(23)42)20-10-13-45-15-20)11-12-34-32(7)21(14-22(40)44-9)31(6)16-35(32)36(43,28(31)46-18(3)38)29(47-19(4)39)37(25,34)51-33(8,49-34)50-35/h10,13,15,17,21,23,25-26,28-29,43H,11-12,14,16H2,1-9H3. The Morgan fingerprint density at radius 3 is 2.18 bits per heavy atom. The summed E-state index contributed by atoms with van der Waals surface area (Å²) < 4.78 is 50.5. The third kappa shape index (κ3) is 3.52. The number of rotatable bonds is 7. The molecule has 0 radical (unpaired) electrons. The number of methoxy groups -OCH3 is 1. The summed E-state index contributed by atoms with van der Waals surface area (Å²) in [4.78, 5) is 68.7. The molecule has 3 saturated heterocycles. The maximum absolute atomic E-state index is 14.5. The average molecular weight is 715 g/mol. The van der Waals surface area contributed by atoms with Crippen molar-refractivity contribution in [1.29, 1.82) is 0 Å². The average Bonchev–Trinajstić information content (AvgIpc) is 3.74. The third-order valence-electron chi connectivity index (χ3n) is 14.4. The second kappa shape index (κ2) is 10.00. The lowest BCUT2D eigenvalue weighted by Gasteiger charge is -2.77. The summed E-state index contributed by atoms with van der Waals surface area (Å²) in [5.74, 6) is -9.23. The van der Waals surface area contributed by atoms with E-state index in [0.29, 0.717) is 12.0 Å². The Labute approximate surface area is 295 Å². The van der Waals surface area contributed by atoms with Crippen LogP contribution >= 0.6 is 0 Å². The first-order valence-electron chi connectivity index (χ1n) is 17.7. The van der Waals surface area contributed by atoms with Crippen LogP contribution in [0.2, 0.25) is 0 Å². The zero-order chi connectivity index (χ0) is 37.1. The van der Waals surface area contributed by atoms with Crippen LogP contribution in [0.4, 0.5) is 0 Å². The number of Topliss-reactive ketones (excluding diaryl/α,β-unsaturated/α-hetero) is 1. The predicted molar refractivity (Wildman–Crippen MR) is 169 cm³/mol. The van der Waals surface area contributed by atoms with E-state index in [0.717, 1.165) is 0 Å². The first kappa shape index (κ1) is 34.7. The Hall–Kier alpha value is -3.33. The lowest BCUT2D eigenvalue weighted by molar-refractivity contribution is -0.478. The highest BCUT2D eigenvalue weighted by atomic mass is 16.9. The summed E-state index contributed by atoms with van der Waals surface area (Å²) >= 11 is 0. The number of cyclic esters (lactones) is 1. The van der Waals surface area contributed by atoms with E-state index in [1.165, 1.54) is 33.5 Å². The molecule has 1 N–H and O–H groups in total. The fourth-order valence-electron chi connectivity index (χ4n) is 13.2. The lowest BCUT2D eigenvalue weighted by atomic mass is 9.32. The van der Waals surface area contributed by atoms with Crippen molar-refractivity contribution in [1.82, 2.24) is 0 Å². The Kier molecular flexibility index (Phi) is 6.81. The number of furan rings is 1. The summed E-state index contributed by atoms with van der Waals surface area (Å²) in [5, 5.41) is 13.8. The van der Waals surface area contributed by atoms with Crippen LogP contribution in [0.15, 0.2) is 23.0 Å². The van der Waals surface area contributed by atoms with Gasteiger partial charge in [0, 0.05) is 60.8 Å². The van der Waals surface area contributed by atoms with Crippen LogP contribution < -0.4 is 0 Å². The van der Waals surface area contributed by atoms with E-state index in [9.17, 15) is 29.1 Å². The molecule has 51 heavy (non-hydrogen) atoms. The topological polar surface area (TPSA) is 183 Å². The molecule has 8 rings (SSSR count). The highest BCUT2D eigenvalue weighted by Crippen LogP contribution is 2.90. The minimum absolute atomic E-state index is 0.0699. The quantitative estimate of drug-likeness (QED) is 0.247. The summed E-state index contributed by atoms with van der Waals surface area (Å²) in [7, 11) is 1.28. The van der Waals surface area contributed by atoms with Crippen LogP contribution in [0.5, 0.6) is 0 Å². The van der Waals surface area contributed by atoms with Gasteiger partial charge in [-0.1, -0.05) is 34.6 Å². The van der Waals surface area contributed by atoms with Crippen LogP contribution in [-0.2, 0) is 57.1 Å². The Morgan fingerprint density at radius 2 is 1.59 bits per heavy atom. The van der Waals surface area contributed by atoms with Gasteiger partial charge in [0.05, 0.1) is 19.6 Å². The van der Waals surface area contributed by atoms with Gasteiger partial charge in [-0.2, -0.15) is 0 Å². The maximum atomic E-state index is 14.5. The van der Waals surface area contributed by atoms with Crippen molar-refractivity contribution < 1.29 is 66.7 Å². The number of carbonyl (C=O) groups is 5. The molecular weight excluding hydrogens is 668 g/mol. The molecule has 4 bridgehead atoms. The molecule has 0 aromatic carbocycles. The van der Waals surface area contributed by atoms with Crippen molar-refractivity contribution in [2.24, 2.45) is 39.9 Å². The Balaban J connectivity index is 1.51. The smallest absolute Gasteiger partial charge is 0.317 e. The molecule has 3 aliphatic heterocycles. The van der Waals surface area contributed by atoms with E-state index < -0.39 is 116 Å². The molecule has 1 aromatic rings. The van der Waals surface area contributed by atoms with Crippen LogP contribution in [0.3, 0.4) is 0 Å². The van der Waals surface area contributed by atoms with E-state index in [2.05, 4.69) is 0 Å². The normalized spacial score (nSPS) is 51.1. The van der Waals surface area contributed by atoms with E-state index in [1.807, 2.05) is 20.8 Å². The molecule has 7 fully saturated rings. The molecule has 4 saturated carbocycles. The van der Waals surface area contributed by atoms with E-state index in [-0.39, 0.29) is 19.3 Å². The molecule has 278 valence electrons. The van der Waals surface area contributed by atoms with Crippen LogP contribution in [0.1, 0.15) is 92.7 Å². The summed E-state index contributed by atoms with van der Waals surface area (Å²) in [5.41, 5.74) is -10.7. The maximum Gasteiger partial charge on any atom is 0.317 e. The van der Waals surface area contributed by atoms with Crippen LogP contribution in [0, 0.1) is 39.9 Å². The largest absolute Gasteiger partial charge is 0.472 e. The van der Waals surface area contributed by atoms with Gasteiger partial charge in [-0.05, 0) is 31.2 Å². The third-order valence-corrected chi connectivity index (χ3v) is 14.4. The summed E-state index contributed by atoms with van der Waals surface area (Å²) in [6.45, 7) is 12.9. The number of hydrogen-bond donors (Lipinski definition) is 1. The van der Waals surface area contributed by atoms with Gasteiger partial charge in [0.25, 0.3) is 5.97 Å². The van der Waals surface area contributed by atoms with Gasteiger partial charge in [0.2, 0.25) is 0 Å². The second-order valence-corrected chi connectivity index (χ2v) is 17.0. The first-order chi connectivity index (χ1) is 23.7. The van der Waals surface area contributed by atoms with Crippen molar-refractivity contribution in [3.8, 4) is 0 Å². The van der Waals surface area contributed by atoms with Gasteiger partial charge in [-0.25, -0.2) is 0 Å². The molecule has 0 amide bonds. The monoisotopic (exact) mass is 714 g/mol. The van der Waals surface area contributed by atoms with Gasteiger partial charge >= 0.3 is 23.9 Å². The first-order valence-corrected chi connectivity index (χ1v) is 17.7. The highest BCUT2D eigenvalue weighted by molar-refractivity contribution is 6.01. The molecule has 1 aromatic heterocycles. The molecule has 2 spiro atoms. The van der Waals surface area contributed by atoms with Crippen molar-refractivity contribution in [3.63, 3.8) is 0 Å². The number of ketones is 1. The fourth-order valence-corrected chi connectivity index (χ4v) is 13.2. The van der Waals surface area contributed by atoms with Gasteiger partial charge < -0.3 is 42.7 Å². The molecule has 14 heteroatoms. The molecular formula is C37H46O14. The molecule has 14 unspecified atom stereocenters. The summed E-state index contributed by atoms with van der Waals surface area (Å²) in [6.07, 6.45) is -0.706. The SMILES string of the molecule is COC(=O)CC1C2(C)CC34OC5(C)OC6(C7C(C(=O)C(C)C)C(=O)OC(c8ccoc8)C7(C)CCC6(O5)C13C)C(OC(C)=O)C4(O)C2OC(C)=O. The molecule has 14 atom stereocenters. The number of fused-ring (bicyclic) bond motifs is 3. The number of esters is 4. The van der Waals surface area contributed by atoms with Gasteiger partial charge in [-0.3, -0.25) is 24.0 Å². The number of ether oxygens (including phenoxy) is 7. The number of aliphatic hydroxyl groups is 1. The minimum atomic E-state index is -2.33. The Bertz CT molecular complexity index is 1760. The van der Waals surface area contributed by atoms with E-state index in [1.54, 1.807) is 26.8 Å². The molecule has 7 aliphatic rings. The fraction of sp³-hybridized carbons (Fsp3) is 0.757. The van der Waals surface area contributed by atoms with E-state index >= 15 is 0 Å². The van der Waals surface area contributed by atoms with Gasteiger partial charge in [-0.15, -0.1) is 0 Å². The lowest BCUT2D eigenvalue weighted by Crippen LogP contribution is -2.94. The zero-order valence-electron chi connectivity index (χ0n) is 30.4. The van der Waals surface area contributed by atoms with Crippen molar-refractivity contribution >= 4 is 29.7 Å². The van der Waals surface area contributed by atoms with Crippen molar-refractivity contribution in [3.05, 3.63) is 24.2 Å². The van der Waals surface area contributed by atoms with Crippen molar-refractivity contribution in [2.45, 2.75) is 128 Å². The second-order valence-electron chi connectivity index (χ2n) is 17.0. The highest BCUT2D eigenvalue weighted by Gasteiger charge is 3.04. The van der Waals surface area contributed by atoms with Crippen LogP contribution in [-0.4, -0.2) is 82.5 Å². The zero-order valence-corrected chi connectivity index (χ0v) is 30.4. The van der Waals surface area contributed by atoms with Crippen LogP contribution in [0.25, 0.3) is 0 Å². The number of carbonyl (C=O) groups excluding carboxylic acids is 5. The predicted octanol–water partition coefficient (Wildman–Crippen LogP) is 3.32. The summed E-state index contributed by atoms with van der Waals surface area (Å²) in [6, 6.07) is 1.68. The Morgan fingerprint density at radius 1 is 0.941 bits per heavy atom. The molecule has 4 aliphatic carbocycles. The van der Waals surface area contributed by atoms with Crippen molar-refractivity contribution in [2.75, 3.05) is 7.11 Å². The molecule has 4 heterocycles. The van der Waals surface area contributed by atoms with Gasteiger partial charge in [0.15, 0.2) is 11.7 Å². The molecule has 14 nitrogen and oxygen atoms in total. The van der Waals surface area contributed by atoms with E-state index in [4.69, 9.17) is 37.6 Å².